The summed E-state index contributed by atoms with van der Waals surface area (Å²) in [4.78, 5) is 2.13. The molecule has 16 heavy (non-hydrogen) atoms. The SMILES string of the molecule is CN(C)c1cccc(Cc2ccccc2)c1. The van der Waals surface area contributed by atoms with Crippen LogP contribution in [0.3, 0.4) is 0 Å². The highest BCUT2D eigenvalue weighted by Gasteiger charge is 1.98. The van der Waals surface area contributed by atoms with Crippen LogP contribution in [0, 0.1) is 0 Å². The van der Waals surface area contributed by atoms with E-state index in [2.05, 4.69) is 73.6 Å². The van der Waals surface area contributed by atoms with Gasteiger partial charge < -0.3 is 4.90 Å². The summed E-state index contributed by atoms with van der Waals surface area (Å²) in [5.74, 6) is 0. The van der Waals surface area contributed by atoms with E-state index in [9.17, 15) is 0 Å². The van der Waals surface area contributed by atoms with Crippen molar-refractivity contribution < 1.29 is 0 Å². The molecule has 2 aromatic rings. The number of nitrogens with zero attached hydrogens (tertiary/aromatic N) is 1. The van der Waals surface area contributed by atoms with Crippen molar-refractivity contribution in [1.82, 2.24) is 0 Å². The van der Waals surface area contributed by atoms with Gasteiger partial charge in [-0.1, -0.05) is 42.5 Å². The van der Waals surface area contributed by atoms with Gasteiger partial charge in [0.05, 0.1) is 0 Å². The molecule has 2 rings (SSSR count). The quantitative estimate of drug-likeness (QED) is 0.752. The van der Waals surface area contributed by atoms with Crippen LogP contribution >= 0.6 is 0 Å². The average Bonchev–Trinajstić information content (AvgIpc) is 2.30. The lowest BCUT2D eigenvalue weighted by molar-refractivity contribution is 1.11. The van der Waals surface area contributed by atoms with Gasteiger partial charge in [-0.15, -0.1) is 0 Å². The zero-order valence-electron chi connectivity index (χ0n) is 9.85. The van der Waals surface area contributed by atoms with E-state index in [0.29, 0.717) is 0 Å². The topological polar surface area (TPSA) is 3.24 Å². The minimum atomic E-state index is 1.00. The standard InChI is InChI=1S/C15H17N/c1-16(2)15-10-6-9-14(12-15)11-13-7-4-3-5-8-13/h3-10,12H,11H2,1-2H3. The Hall–Kier alpha value is -1.76. The molecule has 0 saturated heterocycles. The van der Waals surface area contributed by atoms with E-state index in [-0.39, 0.29) is 0 Å². The van der Waals surface area contributed by atoms with Crippen molar-refractivity contribution >= 4 is 5.69 Å². The molecule has 1 nitrogen and oxygen atoms in total. The lowest BCUT2D eigenvalue weighted by Crippen LogP contribution is -2.08. The first kappa shape index (κ1) is 10.7. The highest BCUT2D eigenvalue weighted by Crippen LogP contribution is 2.16. The summed E-state index contributed by atoms with van der Waals surface area (Å²) < 4.78 is 0. The van der Waals surface area contributed by atoms with E-state index < -0.39 is 0 Å². The number of hydrogen-bond acceptors (Lipinski definition) is 1. The predicted molar refractivity (Wildman–Crippen MR) is 70.0 cm³/mol. The highest BCUT2D eigenvalue weighted by atomic mass is 15.1. The molecule has 1 heteroatoms. The van der Waals surface area contributed by atoms with Crippen LogP contribution in [0.25, 0.3) is 0 Å². The van der Waals surface area contributed by atoms with Gasteiger partial charge in [-0.3, -0.25) is 0 Å². The number of hydrogen-bond donors (Lipinski definition) is 0. The first-order valence-corrected chi connectivity index (χ1v) is 5.56. The number of anilines is 1. The molecule has 0 N–H and O–H groups in total. The van der Waals surface area contributed by atoms with Crippen LogP contribution in [0.2, 0.25) is 0 Å². The van der Waals surface area contributed by atoms with Crippen molar-refractivity contribution in [2.24, 2.45) is 0 Å². The normalized spacial score (nSPS) is 10.1. The molecule has 0 bridgehead atoms. The van der Waals surface area contributed by atoms with Crippen molar-refractivity contribution in [3.63, 3.8) is 0 Å². The number of rotatable bonds is 3. The molecule has 0 saturated carbocycles. The summed E-state index contributed by atoms with van der Waals surface area (Å²) in [6, 6.07) is 19.2. The summed E-state index contributed by atoms with van der Waals surface area (Å²) in [6.07, 6.45) is 1.00. The van der Waals surface area contributed by atoms with Gasteiger partial charge in [-0.05, 0) is 29.7 Å². The minimum Gasteiger partial charge on any atom is -0.378 e. The van der Waals surface area contributed by atoms with Gasteiger partial charge in [0.1, 0.15) is 0 Å². The van der Waals surface area contributed by atoms with Crippen molar-refractivity contribution in [2.45, 2.75) is 6.42 Å². The van der Waals surface area contributed by atoms with Gasteiger partial charge in [0.15, 0.2) is 0 Å². The second-order valence-electron chi connectivity index (χ2n) is 4.23. The summed E-state index contributed by atoms with van der Waals surface area (Å²) in [5.41, 5.74) is 3.98. The molecule has 0 radical (unpaired) electrons. The molecule has 0 aliphatic carbocycles. The van der Waals surface area contributed by atoms with E-state index >= 15 is 0 Å². The van der Waals surface area contributed by atoms with Crippen molar-refractivity contribution in [1.29, 1.82) is 0 Å². The van der Waals surface area contributed by atoms with Gasteiger partial charge in [0.25, 0.3) is 0 Å². The summed E-state index contributed by atoms with van der Waals surface area (Å²) in [5, 5.41) is 0. The van der Waals surface area contributed by atoms with E-state index in [4.69, 9.17) is 0 Å². The first-order valence-electron chi connectivity index (χ1n) is 5.56. The molecule has 0 aliphatic rings. The maximum atomic E-state index is 2.24. The average molecular weight is 211 g/mol. The first-order chi connectivity index (χ1) is 7.75. The molecule has 0 aliphatic heterocycles. The van der Waals surface area contributed by atoms with Gasteiger partial charge in [0.2, 0.25) is 0 Å². The molecule has 0 unspecified atom stereocenters. The van der Waals surface area contributed by atoms with Gasteiger partial charge >= 0.3 is 0 Å². The van der Waals surface area contributed by atoms with Crippen LogP contribution < -0.4 is 4.90 Å². The Kier molecular flexibility index (Phi) is 3.25. The largest absolute Gasteiger partial charge is 0.378 e. The zero-order valence-corrected chi connectivity index (χ0v) is 9.85. The monoisotopic (exact) mass is 211 g/mol. The van der Waals surface area contributed by atoms with Crippen molar-refractivity contribution in [2.75, 3.05) is 19.0 Å². The second-order valence-corrected chi connectivity index (χ2v) is 4.23. The fourth-order valence-electron chi connectivity index (χ4n) is 1.78. The van der Waals surface area contributed by atoms with Gasteiger partial charge in [-0.25, -0.2) is 0 Å². The molecule has 0 atom stereocenters. The zero-order chi connectivity index (χ0) is 11.4. The highest BCUT2D eigenvalue weighted by molar-refractivity contribution is 5.48. The van der Waals surface area contributed by atoms with Crippen LogP contribution in [0.4, 0.5) is 5.69 Å². The fraction of sp³-hybridized carbons (Fsp3) is 0.200. The summed E-state index contributed by atoms with van der Waals surface area (Å²) in [7, 11) is 4.14. The molecular weight excluding hydrogens is 194 g/mol. The Balaban J connectivity index is 2.19. The predicted octanol–water partition coefficient (Wildman–Crippen LogP) is 3.34. The lowest BCUT2D eigenvalue weighted by atomic mass is 10.0. The van der Waals surface area contributed by atoms with Crippen LogP contribution in [0.15, 0.2) is 54.6 Å². The molecule has 2 aromatic carbocycles. The van der Waals surface area contributed by atoms with Crippen LogP contribution in [0.5, 0.6) is 0 Å². The van der Waals surface area contributed by atoms with Crippen LogP contribution in [-0.2, 0) is 6.42 Å². The molecule has 0 fully saturated rings. The lowest BCUT2D eigenvalue weighted by Gasteiger charge is -2.13. The fourth-order valence-corrected chi connectivity index (χ4v) is 1.78. The summed E-state index contributed by atoms with van der Waals surface area (Å²) >= 11 is 0. The van der Waals surface area contributed by atoms with Crippen molar-refractivity contribution in [3.8, 4) is 0 Å². The molecular formula is C15H17N. The Morgan fingerprint density at radius 1 is 0.812 bits per heavy atom. The van der Waals surface area contributed by atoms with E-state index in [1.54, 1.807) is 0 Å². The smallest absolute Gasteiger partial charge is 0.0363 e. The van der Waals surface area contributed by atoms with E-state index in [1.165, 1.54) is 16.8 Å². The third kappa shape index (κ3) is 2.63. The summed E-state index contributed by atoms with van der Waals surface area (Å²) in [6.45, 7) is 0. The van der Waals surface area contributed by atoms with Crippen LogP contribution in [-0.4, -0.2) is 14.1 Å². The van der Waals surface area contributed by atoms with Crippen molar-refractivity contribution in [3.05, 3.63) is 65.7 Å². The Morgan fingerprint density at radius 3 is 2.19 bits per heavy atom. The number of benzene rings is 2. The van der Waals surface area contributed by atoms with E-state index in [1.807, 2.05) is 0 Å². The van der Waals surface area contributed by atoms with E-state index in [0.717, 1.165) is 6.42 Å². The minimum absolute atomic E-state index is 1.00. The molecule has 82 valence electrons. The maximum Gasteiger partial charge on any atom is 0.0363 e. The molecule has 0 amide bonds. The Morgan fingerprint density at radius 2 is 1.50 bits per heavy atom. The Bertz CT molecular complexity index is 446. The third-order valence-electron chi connectivity index (χ3n) is 2.68. The second kappa shape index (κ2) is 4.84. The molecule has 0 aromatic heterocycles. The van der Waals surface area contributed by atoms with Gasteiger partial charge in [-0.2, -0.15) is 0 Å². The molecule has 0 heterocycles. The van der Waals surface area contributed by atoms with Gasteiger partial charge in [0, 0.05) is 19.8 Å². The maximum absolute atomic E-state index is 2.24. The third-order valence-corrected chi connectivity index (χ3v) is 2.68. The van der Waals surface area contributed by atoms with Crippen LogP contribution in [0.1, 0.15) is 11.1 Å². The Labute approximate surface area is 97.3 Å². The molecule has 0 spiro atoms.